The van der Waals surface area contributed by atoms with E-state index >= 15 is 0 Å². The highest BCUT2D eigenvalue weighted by Gasteiger charge is 2.29. The first-order valence-corrected chi connectivity index (χ1v) is 11.3. The molecule has 0 aliphatic carbocycles. The van der Waals surface area contributed by atoms with Gasteiger partial charge in [0.15, 0.2) is 9.84 Å². The number of carbonyl (C=O) groups is 1. The van der Waals surface area contributed by atoms with Gasteiger partial charge in [-0.25, -0.2) is 8.42 Å². The van der Waals surface area contributed by atoms with Crippen molar-refractivity contribution in [3.63, 3.8) is 0 Å². The van der Waals surface area contributed by atoms with E-state index in [1.165, 1.54) is 11.3 Å². The van der Waals surface area contributed by atoms with Crippen LogP contribution in [0.4, 0.5) is 5.69 Å². The summed E-state index contributed by atoms with van der Waals surface area (Å²) in [5.41, 5.74) is 1.21. The van der Waals surface area contributed by atoms with Gasteiger partial charge in [-0.05, 0) is 24.3 Å². The van der Waals surface area contributed by atoms with Gasteiger partial charge in [0, 0.05) is 24.4 Å². The number of anilines is 1. The molecule has 2 heterocycles. The van der Waals surface area contributed by atoms with Crippen molar-refractivity contribution in [1.82, 2.24) is 0 Å². The van der Waals surface area contributed by atoms with E-state index in [1.807, 2.05) is 6.07 Å². The Hall–Kier alpha value is -2.10. The number of carbonyl (C=O) groups excluding carboxylic acids is 1. The third-order valence-corrected chi connectivity index (χ3v) is 5.83. The van der Waals surface area contributed by atoms with Crippen LogP contribution in [0.25, 0.3) is 0 Å². The van der Waals surface area contributed by atoms with Gasteiger partial charge in [0.05, 0.1) is 15.0 Å². The fourth-order valence-electron chi connectivity index (χ4n) is 2.33. The molecule has 2 aromatic rings. The molecular weight excluding hydrogens is 412 g/mol. The second-order valence-corrected chi connectivity index (χ2v) is 9.91. The number of sulfone groups is 1. The third kappa shape index (κ3) is 5.69. The molecular formula is C17H17ClN2O5S2. The minimum Gasteiger partial charge on any atom is -0.492 e. The highest BCUT2D eigenvalue weighted by atomic mass is 35.5. The molecule has 0 saturated heterocycles. The molecule has 1 atom stereocenters. The Morgan fingerprint density at radius 2 is 2.22 bits per heavy atom. The Balaban J connectivity index is 1.55. The van der Waals surface area contributed by atoms with Crippen LogP contribution in [0.5, 0.6) is 5.75 Å². The smallest absolute Gasteiger partial charge is 0.268 e. The fraction of sp³-hybridized carbons (Fsp3) is 0.294. The van der Waals surface area contributed by atoms with E-state index in [-0.39, 0.29) is 18.3 Å². The van der Waals surface area contributed by atoms with E-state index in [2.05, 4.69) is 10.5 Å². The van der Waals surface area contributed by atoms with E-state index in [0.717, 1.165) is 11.1 Å². The summed E-state index contributed by atoms with van der Waals surface area (Å²) in [5.74, 6) is 0.0606. The summed E-state index contributed by atoms with van der Waals surface area (Å²) >= 11 is 7.30. The molecule has 10 heteroatoms. The summed E-state index contributed by atoms with van der Waals surface area (Å²) in [4.78, 5) is 18.5. The zero-order valence-corrected chi connectivity index (χ0v) is 16.7. The normalized spacial score (nSPS) is 16.5. The molecule has 1 aromatic carbocycles. The second-order valence-electron chi connectivity index (χ2n) is 5.94. The number of thiophene rings is 1. The zero-order valence-electron chi connectivity index (χ0n) is 14.3. The van der Waals surface area contributed by atoms with E-state index in [4.69, 9.17) is 21.2 Å². The second kappa shape index (κ2) is 8.28. The Labute approximate surface area is 165 Å². The molecule has 0 saturated carbocycles. The molecule has 27 heavy (non-hydrogen) atoms. The van der Waals surface area contributed by atoms with Crippen molar-refractivity contribution in [3.05, 3.63) is 45.6 Å². The summed E-state index contributed by atoms with van der Waals surface area (Å²) in [6.45, 7) is 0.0442. The number of amides is 1. The first-order chi connectivity index (χ1) is 12.8. The highest BCUT2D eigenvalue weighted by molar-refractivity contribution is 7.90. The van der Waals surface area contributed by atoms with Crippen LogP contribution in [0.1, 0.15) is 11.3 Å². The number of ether oxygens (including phenoxy) is 1. The van der Waals surface area contributed by atoms with Crippen molar-refractivity contribution in [3.8, 4) is 5.75 Å². The Morgan fingerprint density at radius 1 is 1.41 bits per heavy atom. The molecule has 1 N–H and O–H groups in total. The summed E-state index contributed by atoms with van der Waals surface area (Å²) in [6, 6.07) is 10.3. The first kappa shape index (κ1) is 19.7. The van der Waals surface area contributed by atoms with Crippen LogP contribution in [-0.2, 0) is 19.5 Å². The van der Waals surface area contributed by atoms with E-state index in [9.17, 15) is 13.2 Å². The monoisotopic (exact) mass is 428 g/mol. The predicted octanol–water partition coefficient (Wildman–Crippen LogP) is 2.96. The average molecular weight is 429 g/mol. The molecule has 0 spiro atoms. The van der Waals surface area contributed by atoms with Crippen molar-refractivity contribution in [2.45, 2.75) is 12.5 Å². The van der Waals surface area contributed by atoms with E-state index in [0.29, 0.717) is 27.9 Å². The number of rotatable bonds is 7. The van der Waals surface area contributed by atoms with Gasteiger partial charge in [0.2, 0.25) is 6.10 Å². The van der Waals surface area contributed by atoms with Crippen molar-refractivity contribution < 1.29 is 22.8 Å². The van der Waals surface area contributed by atoms with E-state index in [1.54, 1.807) is 30.3 Å². The molecule has 0 bridgehead atoms. The third-order valence-electron chi connectivity index (χ3n) is 3.64. The van der Waals surface area contributed by atoms with Gasteiger partial charge in [-0.1, -0.05) is 22.8 Å². The average Bonchev–Trinajstić information content (AvgIpc) is 3.23. The molecule has 3 rings (SSSR count). The SMILES string of the molecule is CS(=O)(=O)CCOc1cccc(NC(=O)C2CC(c3ccc(Cl)s3)=NO2)c1. The Bertz CT molecular complexity index is 971. The van der Waals surface area contributed by atoms with Gasteiger partial charge in [-0.3, -0.25) is 4.79 Å². The van der Waals surface area contributed by atoms with Crippen molar-refractivity contribution in [2.75, 3.05) is 23.9 Å². The topological polar surface area (TPSA) is 94.1 Å². The standard InChI is InChI=1S/C17H17ClN2O5S2/c1-27(22,23)8-7-24-12-4-2-3-11(9-12)19-17(21)14-10-13(20-25-14)15-5-6-16(18)26-15/h2-6,9,14H,7-8,10H2,1H3,(H,19,21). The molecule has 0 radical (unpaired) electrons. The maximum atomic E-state index is 12.4. The summed E-state index contributed by atoms with van der Waals surface area (Å²) in [5, 5.41) is 6.72. The lowest BCUT2D eigenvalue weighted by Crippen LogP contribution is -2.27. The Kier molecular flexibility index (Phi) is 6.03. The summed E-state index contributed by atoms with van der Waals surface area (Å²) in [6.07, 6.45) is 0.776. The van der Waals surface area contributed by atoms with Crippen molar-refractivity contribution in [2.24, 2.45) is 5.16 Å². The molecule has 1 amide bonds. The maximum Gasteiger partial charge on any atom is 0.268 e. The van der Waals surface area contributed by atoms with Gasteiger partial charge in [0.25, 0.3) is 5.91 Å². The largest absolute Gasteiger partial charge is 0.492 e. The quantitative estimate of drug-likeness (QED) is 0.731. The fourth-order valence-corrected chi connectivity index (χ4v) is 3.75. The number of benzene rings is 1. The zero-order chi connectivity index (χ0) is 19.4. The van der Waals surface area contributed by atoms with Gasteiger partial charge in [-0.15, -0.1) is 11.3 Å². The van der Waals surface area contributed by atoms with Gasteiger partial charge >= 0.3 is 0 Å². The van der Waals surface area contributed by atoms with Gasteiger partial charge in [-0.2, -0.15) is 0 Å². The van der Waals surface area contributed by atoms with Crippen molar-refractivity contribution >= 4 is 50.1 Å². The maximum absolute atomic E-state index is 12.4. The number of oxime groups is 1. The number of nitrogens with one attached hydrogen (secondary N) is 1. The summed E-state index contributed by atoms with van der Waals surface area (Å²) < 4.78 is 28.3. The van der Waals surface area contributed by atoms with Crippen LogP contribution in [0.3, 0.4) is 0 Å². The van der Waals surface area contributed by atoms with Crippen molar-refractivity contribution in [1.29, 1.82) is 0 Å². The highest BCUT2D eigenvalue weighted by Crippen LogP contribution is 2.27. The molecule has 0 fully saturated rings. The molecule has 1 unspecified atom stereocenters. The van der Waals surface area contributed by atoms with Crippen LogP contribution in [0.15, 0.2) is 41.6 Å². The van der Waals surface area contributed by atoms with E-state index < -0.39 is 15.9 Å². The van der Waals surface area contributed by atoms with Crippen LogP contribution < -0.4 is 10.1 Å². The van der Waals surface area contributed by atoms with Crippen LogP contribution in [0.2, 0.25) is 4.34 Å². The van der Waals surface area contributed by atoms with Gasteiger partial charge in [0.1, 0.15) is 18.1 Å². The number of halogens is 1. The molecule has 7 nitrogen and oxygen atoms in total. The number of nitrogens with zero attached hydrogens (tertiary/aromatic N) is 1. The van der Waals surface area contributed by atoms with Gasteiger partial charge < -0.3 is 14.9 Å². The lowest BCUT2D eigenvalue weighted by atomic mass is 10.1. The summed E-state index contributed by atoms with van der Waals surface area (Å²) in [7, 11) is -3.09. The molecule has 1 aliphatic rings. The number of hydrogen-bond acceptors (Lipinski definition) is 7. The number of hydrogen-bond donors (Lipinski definition) is 1. The lowest BCUT2D eigenvalue weighted by molar-refractivity contribution is -0.125. The lowest BCUT2D eigenvalue weighted by Gasteiger charge is -2.11. The molecule has 144 valence electrons. The molecule has 1 aromatic heterocycles. The predicted molar refractivity (Wildman–Crippen MR) is 106 cm³/mol. The minimum absolute atomic E-state index is 0.0442. The Morgan fingerprint density at radius 3 is 2.93 bits per heavy atom. The minimum atomic E-state index is -3.09. The van der Waals surface area contributed by atoms with Crippen LogP contribution in [0, 0.1) is 0 Å². The van der Waals surface area contributed by atoms with Crippen LogP contribution in [-0.4, -0.2) is 44.8 Å². The van der Waals surface area contributed by atoms with Crippen LogP contribution >= 0.6 is 22.9 Å². The molecule has 1 aliphatic heterocycles. The first-order valence-electron chi connectivity index (χ1n) is 8.00.